The molecule has 2 unspecified atom stereocenters. The monoisotopic (exact) mass is 1130 g/mol. The molecule has 0 radical (unpaired) electrons. The summed E-state index contributed by atoms with van der Waals surface area (Å²) < 4.78 is 5.51. The molecule has 80 heavy (non-hydrogen) atoms. The van der Waals surface area contributed by atoms with Crippen LogP contribution in [0.5, 0.6) is 0 Å². The van der Waals surface area contributed by atoms with Crippen LogP contribution in [0, 0.1) is 0 Å². The van der Waals surface area contributed by atoms with Crippen molar-refractivity contribution in [2.75, 3.05) is 13.2 Å². The molecule has 0 saturated carbocycles. The SMILES string of the molecule is CCCCC/C=C\C/C=C\CCCCCCCCCCCC(=O)OCCCCCCCCCCCCCCCCCCCCCCCCCCCCCC(=O)NC(CO)C(O)CCCCCCCCCCCCCCCCCCC. The van der Waals surface area contributed by atoms with Crippen molar-refractivity contribution in [2.24, 2.45) is 0 Å². The summed E-state index contributed by atoms with van der Waals surface area (Å²) in [6.07, 6.45) is 88.0. The second-order valence-corrected chi connectivity index (χ2v) is 25.3. The van der Waals surface area contributed by atoms with Gasteiger partial charge in [0.05, 0.1) is 25.4 Å². The number of allylic oxidation sites excluding steroid dienone is 4. The van der Waals surface area contributed by atoms with E-state index in [1.807, 2.05) is 0 Å². The van der Waals surface area contributed by atoms with Gasteiger partial charge in [-0.15, -0.1) is 0 Å². The Morgan fingerprint density at radius 3 is 0.975 bits per heavy atom. The number of hydrogen-bond donors (Lipinski definition) is 3. The maximum atomic E-state index is 12.5. The molecular weight excluding hydrogens is 983 g/mol. The first-order valence-electron chi connectivity index (χ1n) is 36.6. The van der Waals surface area contributed by atoms with Crippen LogP contribution in [0.3, 0.4) is 0 Å². The summed E-state index contributed by atoms with van der Waals surface area (Å²) in [6, 6.07) is -0.539. The van der Waals surface area contributed by atoms with Crippen LogP contribution in [0.2, 0.25) is 0 Å². The van der Waals surface area contributed by atoms with E-state index in [2.05, 4.69) is 43.5 Å². The number of rotatable bonds is 69. The highest BCUT2D eigenvalue weighted by atomic mass is 16.5. The minimum atomic E-state index is -0.662. The molecule has 0 aromatic carbocycles. The third-order valence-electron chi connectivity index (χ3n) is 17.3. The van der Waals surface area contributed by atoms with Crippen molar-refractivity contribution in [2.45, 2.75) is 424 Å². The van der Waals surface area contributed by atoms with Crippen molar-refractivity contribution < 1.29 is 24.5 Å². The third kappa shape index (κ3) is 65.5. The number of unbranched alkanes of at least 4 members (excludes halogenated alkanes) is 54. The molecule has 0 aliphatic heterocycles. The summed E-state index contributed by atoms with van der Waals surface area (Å²) in [6.45, 7) is 4.97. The van der Waals surface area contributed by atoms with Crippen molar-refractivity contribution in [3.8, 4) is 0 Å². The number of ether oxygens (including phenoxy) is 1. The van der Waals surface area contributed by atoms with Crippen molar-refractivity contribution in [1.82, 2.24) is 5.32 Å². The lowest BCUT2D eigenvalue weighted by molar-refractivity contribution is -0.143. The van der Waals surface area contributed by atoms with Crippen molar-refractivity contribution in [1.29, 1.82) is 0 Å². The Bertz CT molecular complexity index is 1250. The molecule has 0 aliphatic carbocycles. The standard InChI is InChI=1S/C74H143NO5/c1-3-5-7-9-11-13-15-17-19-21-31-36-40-44-48-52-56-60-64-68-74(79)80-69-65-61-57-53-49-45-41-37-33-30-28-26-24-22-23-25-27-29-32-35-39-43-47-51-55-59-63-67-73(78)75-71(70-76)72(77)66-62-58-54-50-46-42-38-34-20-18-16-14-12-10-8-6-4-2/h11,13,17,19,71-72,76-77H,3-10,12,14-16,18,20-70H2,1-2H3,(H,75,78)/b13-11-,19-17-. The Morgan fingerprint density at radius 2 is 0.625 bits per heavy atom. The summed E-state index contributed by atoms with van der Waals surface area (Å²) in [7, 11) is 0. The third-order valence-corrected chi connectivity index (χ3v) is 17.3. The van der Waals surface area contributed by atoms with Crippen molar-refractivity contribution >= 4 is 11.9 Å². The number of carbonyl (C=O) groups excluding carboxylic acids is 2. The number of aliphatic hydroxyl groups excluding tert-OH is 2. The predicted octanol–water partition coefficient (Wildman–Crippen LogP) is 23.7. The van der Waals surface area contributed by atoms with Crippen LogP contribution in [0.25, 0.3) is 0 Å². The van der Waals surface area contributed by atoms with Gasteiger partial charge in [0.25, 0.3) is 0 Å². The number of nitrogens with one attached hydrogen (secondary N) is 1. The number of hydrogen-bond acceptors (Lipinski definition) is 5. The van der Waals surface area contributed by atoms with Crippen LogP contribution in [-0.2, 0) is 14.3 Å². The van der Waals surface area contributed by atoms with Gasteiger partial charge in [0.2, 0.25) is 5.91 Å². The Hall–Kier alpha value is -1.66. The molecule has 6 heteroatoms. The normalized spacial score (nSPS) is 12.6. The predicted molar refractivity (Wildman–Crippen MR) is 352 cm³/mol. The second-order valence-electron chi connectivity index (χ2n) is 25.3. The first kappa shape index (κ1) is 78.3. The van der Waals surface area contributed by atoms with Gasteiger partial charge in [-0.25, -0.2) is 0 Å². The summed E-state index contributed by atoms with van der Waals surface area (Å²) in [4.78, 5) is 24.6. The molecule has 3 N–H and O–H groups in total. The fourth-order valence-electron chi connectivity index (χ4n) is 11.7. The van der Waals surface area contributed by atoms with Crippen molar-refractivity contribution in [3.63, 3.8) is 0 Å². The van der Waals surface area contributed by atoms with Crippen LogP contribution in [-0.4, -0.2) is 47.4 Å². The fourth-order valence-corrected chi connectivity index (χ4v) is 11.7. The summed E-state index contributed by atoms with van der Waals surface area (Å²) in [5, 5.41) is 23.4. The number of amides is 1. The van der Waals surface area contributed by atoms with Crippen molar-refractivity contribution in [3.05, 3.63) is 24.3 Å². The van der Waals surface area contributed by atoms with E-state index in [9.17, 15) is 19.8 Å². The number of carbonyl (C=O) groups is 2. The van der Waals surface area contributed by atoms with Gasteiger partial charge in [-0.3, -0.25) is 9.59 Å². The van der Waals surface area contributed by atoms with E-state index in [1.54, 1.807) is 0 Å². The van der Waals surface area contributed by atoms with E-state index in [-0.39, 0.29) is 18.5 Å². The lowest BCUT2D eigenvalue weighted by atomic mass is 10.0. The van der Waals surface area contributed by atoms with Gasteiger partial charge in [-0.2, -0.15) is 0 Å². The van der Waals surface area contributed by atoms with Crippen LogP contribution in [0.4, 0.5) is 0 Å². The zero-order valence-corrected chi connectivity index (χ0v) is 54.3. The molecule has 6 nitrogen and oxygen atoms in total. The molecule has 0 rings (SSSR count). The Balaban J connectivity index is 3.33. The highest BCUT2D eigenvalue weighted by molar-refractivity contribution is 5.76. The Morgan fingerprint density at radius 1 is 0.350 bits per heavy atom. The van der Waals surface area contributed by atoms with E-state index >= 15 is 0 Å². The highest BCUT2D eigenvalue weighted by Crippen LogP contribution is 2.19. The van der Waals surface area contributed by atoms with Crippen LogP contribution in [0.1, 0.15) is 412 Å². The smallest absolute Gasteiger partial charge is 0.305 e. The zero-order chi connectivity index (χ0) is 57.8. The first-order valence-corrected chi connectivity index (χ1v) is 36.6. The van der Waals surface area contributed by atoms with Gasteiger partial charge in [0.1, 0.15) is 0 Å². The van der Waals surface area contributed by atoms with Gasteiger partial charge in [-0.1, -0.05) is 366 Å². The van der Waals surface area contributed by atoms with Crippen LogP contribution in [0.15, 0.2) is 24.3 Å². The van der Waals surface area contributed by atoms with Crippen LogP contribution < -0.4 is 5.32 Å². The molecular formula is C74H143NO5. The zero-order valence-electron chi connectivity index (χ0n) is 54.3. The van der Waals surface area contributed by atoms with Gasteiger partial charge < -0.3 is 20.3 Å². The first-order chi connectivity index (χ1) is 39.5. The fraction of sp³-hybridized carbons (Fsp3) is 0.919. The number of esters is 1. The highest BCUT2D eigenvalue weighted by Gasteiger charge is 2.20. The average Bonchev–Trinajstić information content (AvgIpc) is 3.46. The van der Waals surface area contributed by atoms with Crippen LogP contribution >= 0.6 is 0 Å². The van der Waals surface area contributed by atoms with E-state index < -0.39 is 12.1 Å². The van der Waals surface area contributed by atoms with E-state index in [0.717, 1.165) is 51.4 Å². The maximum Gasteiger partial charge on any atom is 0.305 e. The molecule has 0 fully saturated rings. The van der Waals surface area contributed by atoms with E-state index in [1.165, 1.54) is 327 Å². The van der Waals surface area contributed by atoms with Gasteiger partial charge >= 0.3 is 5.97 Å². The molecule has 2 atom stereocenters. The minimum Gasteiger partial charge on any atom is -0.466 e. The summed E-state index contributed by atoms with van der Waals surface area (Å²) in [5.74, 6) is -0.0132. The van der Waals surface area contributed by atoms with Gasteiger partial charge in [0, 0.05) is 12.8 Å². The molecule has 0 bridgehead atoms. The Labute approximate surface area is 501 Å². The molecule has 0 spiro atoms. The van der Waals surface area contributed by atoms with E-state index in [0.29, 0.717) is 25.9 Å². The number of aliphatic hydroxyl groups is 2. The topological polar surface area (TPSA) is 95.9 Å². The molecule has 0 saturated heterocycles. The van der Waals surface area contributed by atoms with E-state index in [4.69, 9.17) is 4.74 Å². The molecule has 1 amide bonds. The van der Waals surface area contributed by atoms with Gasteiger partial charge in [-0.05, 0) is 57.8 Å². The molecule has 474 valence electrons. The molecule has 0 aromatic rings. The van der Waals surface area contributed by atoms with Gasteiger partial charge in [0.15, 0.2) is 0 Å². The Kier molecular flexibility index (Phi) is 68.4. The lowest BCUT2D eigenvalue weighted by Crippen LogP contribution is -2.45. The summed E-state index contributed by atoms with van der Waals surface area (Å²) >= 11 is 0. The minimum absolute atomic E-state index is 0.0152. The quantitative estimate of drug-likeness (QED) is 0.0320. The second kappa shape index (κ2) is 69.8. The largest absolute Gasteiger partial charge is 0.466 e. The summed E-state index contributed by atoms with van der Waals surface area (Å²) in [5.41, 5.74) is 0. The molecule has 0 aromatic heterocycles. The molecule has 0 heterocycles. The molecule has 0 aliphatic rings. The average molecular weight is 1130 g/mol. The lowest BCUT2D eigenvalue weighted by Gasteiger charge is -2.22. The maximum absolute atomic E-state index is 12.5.